The fourth-order valence-corrected chi connectivity index (χ4v) is 2.82. The Hall–Kier alpha value is -0.610. The van der Waals surface area contributed by atoms with E-state index >= 15 is 0 Å². The lowest BCUT2D eigenvalue weighted by atomic mass is 9.93. The highest BCUT2D eigenvalue weighted by molar-refractivity contribution is 5.76. The maximum absolute atomic E-state index is 12.2. The molecular formula is C13H24N2O2. The molecule has 0 aromatic carbocycles. The Morgan fingerprint density at radius 3 is 2.82 bits per heavy atom. The van der Waals surface area contributed by atoms with Crippen molar-refractivity contribution in [2.75, 3.05) is 33.3 Å². The van der Waals surface area contributed by atoms with Crippen molar-refractivity contribution < 1.29 is 9.53 Å². The lowest BCUT2D eigenvalue weighted by Gasteiger charge is -2.33. The van der Waals surface area contributed by atoms with Crippen molar-refractivity contribution in [1.29, 1.82) is 0 Å². The largest absolute Gasteiger partial charge is 0.380 e. The number of nitrogens with zero attached hydrogens (tertiary/aromatic N) is 1. The van der Waals surface area contributed by atoms with Gasteiger partial charge < -0.3 is 15.0 Å². The zero-order chi connectivity index (χ0) is 12.1. The van der Waals surface area contributed by atoms with Crippen LogP contribution in [-0.4, -0.2) is 50.2 Å². The summed E-state index contributed by atoms with van der Waals surface area (Å²) in [6.45, 7) is 3.85. The summed E-state index contributed by atoms with van der Waals surface area (Å²) in [4.78, 5) is 14.2. The number of methoxy groups -OCH3 is 1. The van der Waals surface area contributed by atoms with E-state index in [9.17, 15) is 4.79 Å². The lowest BCUT2D eigenvalue weighted by molar-refractivity contribution is -0.135. The van der Waals surface area contributed by atoms with Gasteiger partial charge >= 0.3 is 0 Å². The van der Waals surface area contributed by atoms with Crippen LogP contribution in [0.1, 0.15) is 32.1 Å². The Morgan fingerprint density at radius 2 is 2.12 bits per heavy atom. The smallest absolute Gasteiger partial charge is 0.222 e. The van der Waals surface area contributed by atoms with Crippen LogP contribution in [0.15, 0.2) is 0 Å². The molecule has 0 radical (unpaired) electrons. The molecule has 2 aliphatic rings. The van der Waals surface area contributed by atoms with Gasteiger partial charge in [-0.3, -0.25) is 4.79 Å². The third kappa shape index (κ3) is 3.68. The molecule has 0 spiro atoms. The van der Waals surface area contributed by atoms with E-state index < -0.39 is 0 Å². The van der Waals surface area contributed by atoms with Crippen molar-refractivity contribution in [2.45, 2.75) is 38.2 Å². The zero-order valence-corrected chi connectivity index (χ0v) is 10.8. The van der Waals surface area contributed by atoms with Gasteiger partial charge in [0.15, 0.2) is 0 Å². The number of carbonyl (C=O) groups is 1. The molecular weight excluding hydrogens is 216 g/mol. The predicted octanol–water partition coefficient (Wildman–Crippen LogP) is 1.01. The molecule has 4 heteroatoms. The second-order valence-electron chi connectivity index (χ2n) is 5.24. The first-order chi connectivity index (χ1) is 8.29. The lowest BCUT2D eigenvalue weighted by Crippen LogP contribution is -2.44. The maximum atomic E-state index is 12.2. The molecule has 0 unspecified atom stereocenters. The standard InChI is InChI=1S/C13H24N2O2/c1-17-12-3-2-8-15(10-12)13(16)9-11-4-6-14-7-5-11/h11-12,14H,2-10H2,1H3/t12-/m1/s1. The molecule has 2 saturated heterocycles. The van der Waals surface area contributed by atoms with Gasteiger partial charge in [-0.2, -0.15) is 0 Å². The van der Waals surface area contributed by atoms with Crippen LogP contribution in [0.4, 0.5) is 0 Å². The fourth-order valence-electron chi connectivity index (χ4n) is 2.82. The molecule has 0 aromatic heterocycles. The highest BCUT2D eigenvalue weighted by atomic mass is 16.5. The van der Waals surface area contributed by atoms with Crippen molar-refractivity contribution in [2.24, 2.45) is 5.92 Å². The van der Waals surface area contributed by atoms with Gasteiger partial charge in [0.2, 0.25) is 5.91 Å². The van der Waals surface area contributed by atoms with E-state index in [0.717, 1.165) is 58.3 Å². The number of rotatable bonds is 3. The van der Waals surface area contributed by atoms with Crippen LogP contribution in [-0.2, 0) is 9.53 Å². The second-order valence-corrected chi connectivity index (χ2v) is 5.24. The molecule has 0 aliphatic carbocycles. The molecule has 4 nitrogen and oxygen atoms in total. The van der Waals surface area contributed by atoms with Crippen molar-refractivity contribution in [3.63, 3.8) is 0 Å². The highest BCUT2D eigenvalue weighted by Crippen LogP contribution is 2.19. The molecule has 0 bridgehead atoms. The molecule has 98 valence electrons. The Morgan fingerprint density at radius 1 is 1.35 bits per heavy atom. The molecule has 0 aromatic rings. The molecule has 2 fully saturated rings. The van der Waals surface area contributed by atoms with Gasteiger partial charge in [0.05, 0.1) is 6.10 Å². The summed E-state index contributed by atoms with van der Waals surface area (Å²) >= 11 is 0. The quantitative estimate of drug-likeness (QED) is 0.800. The first kappa shape index (κ1) is 12.8. The summed E-state index contributed by atoms with van der Waals surface area (Å²) in [7, 11) is 1.74. The van der Waals surface area contributed by atoms with Gasteiger partial charge in [-0.15, -0.1) is 0 Å². The van der Waals surface area contributed by atoms with Gasteiger partial charge in [0.25, 0.3) is 0 Å². The summed E-state index contributed by atoms with van der Waals surface area (Å²) in [5.74, 6) is 0.922. The molecule has 2 aliphatic heterocycles. The van der Waals surface area contributed by atoms with Crippen LogP contribution >= 0.6 is 0 Å². The minimum Gasteiger partial charge on any atom is -0.380 e. The van der Waals surface area contributed by atoms with Gasteiger partial charge in [-0.05, 0) is 44.7 Å². The summed E-state index contributed by atoms with van der Waals surface area (Å²) in [6, 6.07) is 0. The van der Waals surface area contributed by atoms with Crippen molar-refractivity contribution in [3.05, 3.63) is 0 Å². The van der Waals surface area contributed by atoms with E-state index in [2.05, 4.69) is 5.32 Å². The summed E-state index contributed by atoms with van der Waals surface area (Å²) in [5.41, 5.74) is 0. The molecule has 1 N–H and O–H groups in total. The number of ether oxygens (including phenoxy) is 1. The minimum absolute atomic E-state index is 0.251. The first-order valence-corrected chi connectivity index (χ1v) is 6.81. The van der Waals surface area contributed by atoms with E-state index in [1.807, 2.05) is 4.90 Å². The van der Waals surface area contributed by atoms with Gasteiger partial charge in [-0.1, -0.05) is 0 Å². The number of hydrogen-bond acceptors (Lipinski definition) is 3. The van der Waals surface area contributed by atoms with Gasteiger partial charge in [-0.25, -0.2) is 0 Å². The number of likely N-dealkylation sites (tertiary alicyclic amines) is 1. The van der Waals surface area contributed by atoms with E-state index in [1.54, 1.807) is 7.11 Å². The Labute approximate surface area is 104 Å². The van der Waals surface area contributed by atoms with Crippen LogP contribution in [0.3, 0.4) is 0 Å². The minimum atomic E-state index is 0.251. The molecule has 2 heterocycles. The molecule has 2 rings (SSSR count). The van der Waals surface area contributed by atoms with Crippen LogP contribution in [0.25, 0.3) is 0 Å². The van der Waals surface area contributed by atoms with E-state index in [4.69, 9.17) is 4.74 Å². The molecule has 1 amide bonds. The third-order valence-electron chi connectivity index (χ3n) is 3.99. The van der Waals surface area contributed by atoms with E-state index in [1.165, 1.54) is 0 Å². The highest BCUT2D eigenvalue weighted by Gasteiger charge is 2.25. The van der Waals surface area contributed by atoms with E-state index in [-0.39, 0.29) is 6.10 Å². The van der Waals surface area contributed by atoms with Crippen LogP contribution in [0.5, 0.6) is 0 Å². The topological polar surface area (TPSA) is 41.6 Å². The van der Waals surface area contributed by atoms with Crippen molar-refractivity contribution in [3.8, 4) is 0 Å². The van der Waals surface area contributed by atoms with Crippen LogP contribution in [0, 0.1) is 5.92 Å². The van der Waals surface area contributed by atoms with Crippen molar-refractivity contribution in [1.82, 2.24) is 10.2 Å². The Kier molecular flexibility index (Phi) is 4.80. The zero-order valence-electron chi connectivity index (χ0n) is 10.8. The fraction of sp³-hybridized carbons (Fsp3) is 0.923. The number of nitrogens with one attached hydrogen (secondary N) is 1. The number of hydrogen-bond donors (Lipinski definition) is 1. The SMILES string of the molecule is CO[C@@H]1CCCN(C(=O)CC2CCNCC2)C1. The number of piperidine rings is 2. The maximum Gasteiger partial charge on any atom is 0.222 e. The molecule has 17 heavy (non-hydrogen) atoms. The Balaban J connectivity index is 1.78. The predicted molar refractivity (Wildman–Crippen MR) is 66.8 cm³/mol. The van der Waals surface area contributed by atoms with Gasteiger partial charge in [0, 0.05) is 26.6 Å². The Bertz CT molecular complexity index is 252. The van der Waals surface area contributed by atoms with Gasteiger partial charge in [0.1, 0.15) is 0 Å². The summed E-state index contributed by atoms with van der Waals surface area (Å²) < 4.78 is 5.36. The third-order valence-corrected chi connectivity index (χ3v) is 3.99. The van der Waals surface area contributed by atoms with Crippen molar-refractivity contribution >= 4 is 5.91 Å². The normalized spacial score (nSPS) is 27.1. The number of amides is 1. The van der Waals surface area contributed by atoms with Crippen LogP contribution in [0.2, 0.25) is 0 Å². The number of carbonyl (C=O) groups excluding carboxylic acids is 1. The molecule has 0 saturated carbocycles. The molecule has 1 atom stereocenters. The second kappa shape index (κ2) is 6.36. The van der Waals surface area contributed by atoms with Crippen LogP contribution < -0.4 is 5.32 Å². The monoisotopic (exact) mass is 240 g/mol. The average Bonchev–Trinajstić information content (AvgIpc) is 2.40. The summed E-state index contributed by atoms with van der Waals surface area (Å²) in [6.07, 6.45) is 5.45. The first-order valence-electron chi connectivity index (χ1n) is 6.81. The average molecular weight is 240 g/mol. The van der Waals surface area contributed by atoms with E-state index in [0.29, 0.717) is 11.8 Å². The summed E-state index contributed by atoms with van der Waals surface area (Å²) in [5, 5.41) is 3.34.